The Morgan fingerprint density at radius 2 is 1.61 bits per heavy atom. The number of amides is 1. The molecule has 0 bridgehead atoms. The average Bonchev–Trinajstić information content (AvgIpc) is 3.02. The maximum absolute atomic E-state index is 12.9. The number of ketones is 1. The van der Waals surface area contributed by atoms with Crippen molar-refractivity contribution in [1.82, 2.24) is 4.90 Å². The normalized spacial score (nSPS) is 18.0. The third-order valence-corrected chi connectivity index (χ3v) is 5.01. The molecule has 1 amide bonds. The van der Waals surface area contributed by atoms with E-state index >= 15 is 0 Å². The van der Waals surface area contributed by atoms with E-state index in [9.17, 15) is 14.7 Å². The zero-order valence-electron chi connectivity index (χ0n) is 18.1. The predicted octanol–water partition coefficient (Wildman–Crippen LogP) is 3.55. The van der Waals surface area contributed by atoms with E-state index in [1.807, 2.05) is 13.8 Å². The maximum Gasteiger partial charge on any atom is 0.295 e. The lowest BCUT2D eigenvalue weighted by molar-refractivity contribution is -0.140. The first-order valence-electron chi connectivity index (χ1n) is 10.1. The van der Waals surface area contributed by atoms with Gasteiger partial charge in [0.05, 0.1) is 31.4 Å². The Balaban J connectivity index is 2.06. The van der Waals surface area contributed by atoms with E-state index in [0.29, 0.717) is 22.6 Å². The zero-order chi connectivity index (χ0) is 22.5. The van der Waals surface area contributed by atoms with Crippen LogP contribution in [0.3, 0.4) is 0 Å². The third-order valence-electron chi connectivity index (χ3n) is 5.01. The molecule has 2 aromatic rings. The molecule has 1 aliphatic heterocycles. The summed E-state index contributed by atoms with van der Waals surface area (Å²) in [5, 5.41) is 11.0. The number of aliphatic hydroxyl groups excluding tert-OH is 1. The predicted molar refractivity (Wildman–Crippen MR) is 116 cm³/mol. The van der Waals surface area contributed by atoms with E-state index in [4.69, 9.17) is 14.2 Å². The zero-order valence-corrected chi connectivity index (χ0v) is 18.1. The highest BCUT2D eigenvalue weighted by atomic mass is 16.5. The van der Waals surface area contributed by atoms with Crippen LogP contribution >= 0.6 is 0 Å². The second kappa shape index (κ2) is 9.66. The molecule has 7 heteroatoms. The molecule has 0 aliphatic carbocycles. The highest BCUT2D eigenvalue weighted by molar-refractivity contribution is 6.46. The third kappa shape index (κ3) is 4.72. The van der Waals surface area contributed by atoms with Crippen LogP contribution in [0.15, 0.2) is 54.1 Å². The fourth-order valence-electron chi connectivity index (χ4n) is 3.55. The Labute approximate surface area is 181 Å². The van der Waals surface area contributed by atoms with E-state index in [-0.39, 0.29) is 30.6 Å². The largest absolute Gasteiger partial charge is 0.507 e. The molecule has 164 valence electrons. The average molecular weight is 425 g/mol. The number of aliphatic hydroxyl groups is 1. The molecule has 0 aromatic heterocycles. The topological polar surface area (TPSA) is 85.3 Å². The summed E-state index contributed by atoms with van der Waals surface area (Å²) in [6.45, 7) is 4.32. The summed E-state index contributed by atoms with van der Waals surface area (Å²) in [7, 11) is 3.09. The second-order valence-electron chi connectivity index (χ2n) is 7.45. The molecule has 0 spiro atoms. The Morgan fingerprint density at radius 1 is 1.00 bits per heavy atom. The number of hydrogen-bond acceptors (Lipinski definition) is 6. The van der Waals surface area contributed by atoms with Gasteiger partial charge in [-0.25, -0.2) is 0 Å². The minimum absolute atomic E-state index is 0.0145. The van der Waals surface area contributed by atoms with Crippen LogP contribution in [0.2, 0.25) is 0 Å². The minimum atomic E-state index is -0.729. The lowest BCUT2D eigenvalue weighted by atomic mass is 9.95. The molecule has 1 N–H and O–H groups in total. The van der Waals surface area contributed by atoms with Crippen molar-refractivity contribution in [1.29, 1.82) is 0 Å². The van der Waals surface area contributed by atoms with E-state index in [1.165, 1.54) is 12.0 Å². The van der Waals surface area contributed by atoms with Gasteiger partial charge in [-0.15, -0.1) is 0 Å². The quantitative estimate of drug-likeness (QED) is 0.396. The van der Waals surface area contributed by atoms with E-state index < -0.39 is 17.7 Å². The van der Waals surface area contributed by atoms with Gasteiger partial charge in [0, 0.05) is 19.2 Å². The molecule has 2 aromatic carbocycles. The number of likely N-dealkylation sites (tertiary alicyclic amines) is 1. The van der Waals surface area contributed by atoms with Crippen LogP contribution in [-0.4, -0.2) is 55.2 Å². The summed E-state index contributed by atoms with van der Waals surface area (Å²) in [5.41, 5.74) is 1.17. The number of ether oxygens (including phenoxy) is 3. The van der Waals surface area contributed by atoms with Crippen LogP contribution in [0.25, 0.3) is 5.76 Å². The van der Waals surface area contributed by atoms with Crippen molar-refractivity contribution in [2.75, 3.05) is 27.4 Å². The van der Waals surface area contributed by atoms with Crippen molar-refractivity contribution in [2.24, 2.45) is 0 Å². The van der Waals surface area contributed by atoms with Crippen LogP contribution in [0.1, 0.15) is 31.0 Å². The molecule has 1 fully saturated rings. The molecule has 0 radical (unpaired) electrons. The van der Waals surface area contributed by atoms with E-state index in [2.05, 4.69) is 0 Å². The van der Waals surface area contributed by atoms with Gasteiger partial charge in [-0.05, 0) is 55.8 Å². The molecule has 1 atom stereocenters. The van der Waals surface area contributed by atoms with E-state index in [1.54, 1.807) is 55.6 Å². The minimum Gasteiger partial charge on any atom is -0.507 e. The molecule has 31 heavy (non-hydrogen) atoms. The number of carbonyl (C=O) groups excluding carboxylic acids is 2. The Kier molecular flexibility index (Phi) is 6.97. The SMILES string of the molecule is COCCN1C(=O)C(=O)/C(=C(\O)c2ccc(OC(C)C)cc2)C1c1ccc(OC)cc1. The maximum atomic E-state index is 12.9. The Morgan fingerprint density at radius 3 is 2.16 bits per heavy atom. The molecule has 1 aliphatic rings. The number of methoxy groups -OCH3 is 2. The van der Waals surface area contributed by atoms with Gasteiger partial charge in [-0.3, -0.25) is 9.59 Å². The molecule has 1 unspecified atom stereocenters. The highest BCUT2D eigenvalue weighted by Gasteiger charge is 2.45. The van der Waals surface area contributed by atoms with Crippen LogP contribution in [-0.2, 0) is 14.3 Å². The summed E-state index contributed by atoms with van der Waals surface area (Å²) in [4.78, 5) is 27.1. The first-order valence-corrected chi connectivity index (χ1v) is 10.1. The van der Waals surface area contributed by atoms with Crippen molar-refractivity contribution >= 4 is 17.4 Å². The first-order chi connectivity index (χ1) is 14.9. The van der Waals surface area contributed by atoms with Gasteiger partial charge in [-0.1, -0.05) is 12.1 Å². The number of rotatable bonds is 8. The number of carbonyl (C=O) groups is 2. The summed E-state index contributed by atoms with van der Waals surface area (Å²) < 4.78 is 16.0. The molecule has 7 nitrogen and oxygen atoms in total. The number of Topliss-reactive ketones (excluding diaryl/α,β-unsaturated/α-hetero) is 1. The van der Waals surface area contributed by atoms with Crippen molar-refractivity contribution < 1.29 is 28.9 Å². The number of benzene rings is 2. The number of hydrogen-bond donors (Lipinski definition) is 1. The molecule has 0 saturated carbocycles. The summed E-state index contributed by atoms with van der Waals surface area (Å²) in [5.74, 6) is -0.316. The van der Waals surface area contributed by atoms with Gasteiger partial charge < -0.3 is 24.2 Å². The molecular formula is C24H27NO6. The second-order valence-corrected chi connectivity index (χ2v) is 7.45. The summed E-state index contributed by atoms with van der Waals surface area (Å²) in [6, 6.07) is 13.1. The van der Waals surface area contributed by atoms with Gasteiger partial charge in [0.1, 0.15) is 17.3 Å². The van der Waals surface area contributed by atoms with Crippen molar-refractivity contribution in [3.8, 4) is 11.5 Å². The Hall–Kier alpha value is -3.32. The molecule has 3 rings (SSSR count). The van der Waals surface area contributed by atoms with Crippen molar-refractivity contribution in [3.63, 3.8) is 0 Å². The summed E-state index contributed by atoms with van der Waals surface area (Å²) >= 11 is 0. The molecular weight excluding hydrogens is 398 g/mol. The van der Waals surface area contributed by atoms with Crippen LogP contribution in [0.5, 0.6) is 11.5 Å². The highest BCUT2D eigenvalue weighted by Crippen LogP contribution is 2.39. The van der Waals surface area contributed by atoms with Gasteiger partial charge >= 0.3 is 0 Å². The van der Waals surface area contributed by atoms with Crippen molar-refractivity contribution in [2.45, 2.75) is 26.0 Å². The number of nitrogens with zero attached hydrogens (tertiary/aromatic N) is 1. The van der Waals surface area contributed by atoms with Crippen LogP contribution in [0.4, 0.5) is 0 Å². The van der Waals surface area contributed by atoms with Gasteiger partial charge in [-0.2, -0.15) is 0 Å². The molecule has 1 heterocycles. The monoisotopic (exact) mass is 425 g/mol. The molecule has 1 saturated heterocycles. The lowest BCUT2D eigenvalue weighted by Gasteiger charge is -2.25. The van der Waals surface area contributed by atoms with Crippen LogP contribution < -0.4 is 9.47 Å². The summed E-state index contributed by atoms with van der Waals surface area (Å²) in [6.07, 6.45) is 0.0145. The fraction of sp³-hybridized carbons (Fsp3) is 0.333. The Bertz CT molecular complexity index is 963. The first kappa shape index (κ1) is 22.4. The van der Waals surface area contributed by atoms with Gasteiger partial charge in [0.2, 0.25) is 0 Å². The lowest BCUT2D eigenvalue weighted by Crippen LogP contribution is -2.32. The van der Waals surface area contributed by atoms with Crippen LogP contribution in [0, 0.1) is 0 Å². The van der Waals surface area contributed by atoms with Gasteiger partial charge in [0.15, 0.2) is 0 Å². The van der Waals surface area contributed by atoms with Gasteiger partial charge in [0.25, 0.3) is 11.7 Å². The van der Waals surface area contributed by atoms with E-state index in [0.717, 1.165) is 0 Å². The van der Waals surface area contributed by atoms with Crippen molar-refractivity contribution in [3.05, 3.63) is 65.2 Å². The smallest absolute Gasteiger partial charge is 0.295 e. The standard InChI is InChI=1S/C24H27NO6/c1-15(2)31-19-11-7-17(8-12-19)22(26)20-21(16-5-9-18(30-4)10-6-16)25(13-14-29-3)24(28)23(20)27/h5-12,15,21,26H,13-14H2,1-4H3/b22-20-. The fourth-order valence-corrected chi connectivity index (χ4v) is 3.55.